The lowest BCUT2D eigenvalue weighted by atomic mass is 9.80. The van der Waals surface area contributed by atoms with Crippen LogP contribution in [0.5, 0.6) is 0 Å². The van der Waals surface area contributed by atoms with Gasteiger partial charge in [-0.15, -0.1) is 0 Å². The lowest BCUT2D eigenvalue weighted by Crippen LogP contribution is -2.32. The quantitative estimate of drug-likeness (QED) is 0.381. The number of Topliss-reactive ketones (excluding diaryl/α,β-unsaturated/α-hetero) is 1. The minimum atomic E-state index is -0.426. The molecule has 7 nitrogen and oxygen atoms in total. The minimum Gasteiger partial charge on any atom is -0.373 e. The van der Waals surface area contributed by atoms with Gasteiger partial charge < -0.3 is 9.68 Å². The fourth-order valence-electron chi connectivity index (χ4n) is 5.16. The van der Waals surface area contributed by atoms with E-state index >= 15 is 0 Å². The fraction of sp³-hybridized carbons (Fsp3) is 0.857. The summed E-state index contributed by atoms with van der Waals surface area (Å²) in [7, 11) is 0. The molecule has 0 radical (unpaired) electrons. The van der Waals surface area contributed by atoms with Gasteiger partial charge in [-0.3, -0.25) is 4.79 Å². The Kier molecular flexibility index (Phi) is 8.89. The highest BCUT2D eigenvalue weighted by atomic mass is 16.7. The van der Waals surface area contributed by atoms with Crippen LogP contribution in [0.2, 0.25) is 0 Å². The van der Waals surface area contributed by atoms with Gasteiger partial charge in [0.1, 0.15) is 5.78 Å². The standard InChI is InChI=1S/C21H36N2O5/c22-27-18(25)20(13-5-6-14-20)11-3-1-9-17(24)10-2-4-12-21(19(26)28-23)15-7-8-16-21/h1-16,22-23H2. The maximum atomic E-state index is 12.2. The molecule has 0 atom stereocenters. The van der Waals surface area contributed by atoms with Crippen LogP contribution in [0.4, 0.5) is 0 Å². The van der Waals surface area contributed by atoms with Crippen LogP contribution in [0.15, 0.2) is 0 Å². The van der Waals surface area contributed by atoms with Crippen molar-refractivity contribution >= 4 is 17.7 Å². The molecule has 0 unspecified atom stereocenters. The Morgan fingerprint density at radius 3 is 1.32 bits per heavy atom. The molecule has 0 aromatic carbocycles. The summed E-state index contributed by atoms with van der Waals surface area (Å²) in [6.45, 7) is 0. The molecule has 28 heavy (non-hydrogen) atoms. The van der Waals surface area contributed by atoms with Gasteiger partial charge in [-0.2, -0.15) is 11.8 Å². The molecule has 0 bridgehead atoms. The highest BCUT2D eigenvalue weighted by Crippen LogP contribution is 2.44. The molecule has 160 valence electrons. The Morgan fingerprint density at radius 2 is 1.00 bits per heavy atom. The summed E-state index contributed by atoms with van der Waals surface area (Å²) in [4.78, 5) is 45.1. The predicted molar refractivity (Wildman–Crippen MR) is 104 cm³/mol. The average Bonchev–Trinajstić information content (AvgIpc) is 3.38. The van der Waals surface area contributed by atoms with Gasteiger partial charge in [0.05, 0.1) is 10.8 Å². The van der Waals surface area contributed by atoms with E-state index in [4.69, 9.17) is 11.8 Å². The molecule has 0 aliphatic heterocycles. The first-order valence-electron chi connectivity index (χ1n) is 10.8. The minimum absolute atomic E-state index is 0.253. The Balaban J connectivity index is 1.61. The number of rotatable bonds is 12. The average molecular weight is 397 g/mol. The van der Waals surface area contributed by atoms with E-state index in [2.05, 4.69) is 9.68 Å². The summed E-state index contributed by atoms with van der Waals surface area (Å²) in [6, 6.07) is 0. The van der Waals surface area contributed by atoms with Crippen molar-refractivity contribution in [3.05, 3.63) is 0 Å². The molecule has 2 saturated carbocycles. The molecule has 2 aliphatic carbocycles. The molecule has 4 N–H and O–H groups in total. The Bertz CT molecular complexity index is 491. The summed E-state index contributed by atoms with van der Waals surface area (Å²) >= 11 is 0. The molecule has 0 aromatic rings. The molecule has 7 heteroatoms. The van der Waals surface area contributed by atoms with Crippen molar-refractivity contribution in [1.29, 1.82) is 0 Å². The molecule has 0 saturated heterocycles. The second kappa shape index (κ2) is 10.9. The summed E-state index contributed by atoms with van der Waals surface area (Å²) in [5.74, 6) is 9.86. The van der Waals surface area contributed by atoms with E-state index in [9.17, 15) is 14.4 Å². The van der Waals surface area contributed by atoms with Crippen molar-refractivity contribution in [2.24, 2.45) is 22.6 Å². The van der Waals surface area contributed by atoms with E-state index in [1.807, 2.05) is 0 Å². The fourth-order valence-corrected chi connectivity index (χ4v) is 5.16. The lowest BCUT2D eigenvalue weighted by Gasteiger charge is -2.25. The van der Waals surface area contributed by atoms with Crippen LogP contribution < -0.4 is 11.8 Å². The molecule has 2 fully saturated rings. The highest BCUT2D eigenvalue weighted by Gasteiger charge is 2.42. The third-order valence-corrected chi connectivity index (χ3v) is 6.92. The van der Waals surface area contributed by atoms with Gasteiger partial charge in [-0.25, -0.2) is 9.59 Å². The number of ketones is 1. The van der Waals surface area contributed by atoms with Crippen LogP contribution >= 0.6 is 0 Å². The second-order valence-corrected chi connectivity index (χ2v) is 8.74. The summed E-state index contributed by atoms with van der Waals surface area (Å²) in [5.41, 5.74) is -0.851. The zero-order valence-electron chi connectivity index (χ0n) is 17.0. The molecule has 0 aromatic heterocycles. The van der Waals surface area contributed by atoms with Gasteiger partial charge in [0.2, 0.25) is 0 Å². The maximum Gasteiger partial charge on any atom is 0.330 e. The smallest absolute Gasteiger partial charge is 0.330 e. The van der Waals surface area contributed by atoms with Crippen molar-refractivity contribution in [2.75, 3.05) is 0 Å². The summed E-state index contributed by atoms with van der Waals surface area (Å²) < 4.78 is 0. The van der Waals surface area contributed by atoms with E-state index in [-0.39, 0.29) is 17.7 Å². The van der Waals surface area contributed by atoms with Gasteiger partial charge >= 0.3 is 11.9 Å². The first kappa shape index (κ1) is 22.8. The molecule has 2 aliphatic rings. The van der Waals surface area contributed by atoms with Gasteiger partial charge in [0.15, 0.2) is 0 Å². The number of carbonyl (C=O) groups is 3. The molecule has 0 heterocycles. The van der Waals surface area contributed by atoms with Crippen molar-refractivity contribution in [1.82, 2.24) is 0 Å². The first-order valence-corrected chi connectivity index (χ1v) is 10.8. The van der Waals surface area contributed by atoms with Gasteiger partial charge in [0.25, 0.3) is 0 Å². The number of unbranched alkanes of at least 4 members (excludes halogenated alkanes) is 2. The molecule has 0 spiro atoms. The first-order chi connectivity index (χ1) is 13.5. The molecular weight excluding hydrogens is 360 g/mol. The third-order valence-electron chi connectivity index (χ3n) is 6.92. The topological polar surface area (TPSA) is 122 Å². The largest absolute Gasteiger partial charge is 0.373 e. The van der Waals surface area contributed by atoms with Crippen LogP contribution in [0, 0.1) is 10.8 Å². The SMILES string of the molecule is NOC(=O)C1(CCCCC(=O)CCCCC2(C(=O)ON)CCCC2)CCCC1. The molecule has 2 rings (SSSR count). The molecular formula is C21H36N2O5. The third kappa shape index (κ3) is 5.77. The number of nitrogens with two attached hydrogens (primary N) is 2. The second-order valence-electron chi connectivity index (χ2n) is 8.74. The van der Waals surface area contributed by atoms with E-state index in [0.717, 1.165) is 89.9 Å². The number of carbonyl (C=O) groups excluding carboxylic acids is 3. The van der Waals surface area contributed by atoms with Crippen LogP contribution in [-0.4, -0.2) is 17.7 Å². The van der Waals surface area contributed by atoms with Crippen LogP contribution in [-0.2, 0) is 24.1 Å². The molecule has 0 amide bonds. The van der Waals surface area contributed by atoms with Crippen molar-refractivity contribution in [3.63, 3.8) is 0 Å². The van der Waals surface area contributed by atoms with Gasteiger partial charge in [0, 0.05) is 12.8 Å². The van der Waals surface area contributed by atoms with Crippen LogP contribution in [0.25, 0.3) is 0 Å². The number of hydrogen-bond donors (Lipinski definition) is 2. The Morgan fingerprint density at radius 1 is 0.643 bits per heavy atom. The predicted octanol–water partition coefficient (Wildman–Crippen LogP) is 3.63. The van der Waals surface area contributed by atoms with Crippen molar-refractivity contribution < 1.29 is 24.1 Å². The van der Waals surface area contributed by atoms with E-state index in [1.54, 1.807) is 0 Å². The monoisotopic (exact) mass is 396 g/mol. The normalized spacial score (nSPS) is 20.1. The number of hydrogen-bond acceptors (Lipinski definition) is 7. The van der Waals surface area contributed by atoms with Crippen molar-refractivity contribution in [2.45, 2.75) is 103 Å². The van der Waals surface area contributed by atoms with E-state index < -0.39 is 10.8 Å². The lowest BCUT2D eigenvalue weighted by molar-refractivity contribution is -0.157. The van der Waals surface area contributed by atoms with E-state index in [0.29, 0.717) is 12.8 Å². The zero-order chi connectivity index (χ0) is 20.5. The highest BCUT2D eigenvalue weighted by molar-refractivity contribution is 5.78. The summed E-state index contributed by atoms with van der Waals surface area (Å²) in [5, 5.41) is 0. The maximum absolute atomic E-state index is 12.2. The van der Waals surface area contributed by atoms with Crippen molar-refractivity contribution in [3.8, 4) is 0 Å². The van der Waals surface area contributed by atoms with E-state index in [1.165, 1.54) is 0 Å². The zero-order valence-corrected chi connectivity index (χ0v) is 17.0. The van der Waals surface area contributed by atoms with Gasteiger partial charge in [-0.1, -0.05) is 38.5 Å². The Hall–Kier alpha value is -1.47. The van der Waals surface area contributed by atoms with Crippen LogP contribution in [0.1, 0.15) is 103 Å². The van der Waals surface area contributed by atoms with Crippen LogP contribution in [0.3, 0.4) is 0 Å². The summed E-state index contributed by atoms with van der Waals surface area (Å²) in [6.07, 6.45) is 13.3. The Labute approximate surface area is 167 Å². The van der Waals surface area contributed by atoms with Gasteiger partial charge in [-0.05, 0) is 51.4 Å².